The molecule has 4 aromatic rings. The van der Waals surface area contributed by atoms with Gasteiger partial charge in [-0.3, -0.25) is 4.79 Å². The molecule has 39 heavy (non-hydrogen) atoms. The van der Waals surface area contributed by atoms with E-state index in [1.54, 1.807) is 48.5 Å². The number of benzene rings is 3. The van der Waals surface area contributed by atoms with Crippen molar-refractivity contribution < 1.29 is 31.2 Å². The molecule has 1 N–H and O–H groups in total. The Morgan fingerprint density at radius 1 is 0.744 bits per heavy atom. The molecular formula is C27H18Cl2F5N3O2. The van der Waals surface area contributed by atoms with Crippen LogP contribution in [0, 0.1) is 29.1 Å². The topological polar surface area (TPSA) is 48.7 Å². The summed E-state index contributed by atoms with van der Waals surface area (Å²) in [6.07, 6.45) is 0. The SMILES string of the molecule is O=C(Nc1ccc(N2CCN(c3c(F)c(F)c(F)c(F)c3F)CC2)cc1)c1ccc(-c2ccc(Cl)cc2Cl)o1. The summed E-state index contributed by atoms with van der Waals surface area (Å²) in [5.74, 6) is -9.81. The van der Waals surface area contributed by atoms with Gasteiger partial charge in [-0.2, -0.15) is 0 Å². The van der Waals surface area contributed by atoms with Crippen LogP contribution in [0.15, 0.2) is 59.0 Å². The number of carbonyl (C=O) groups is 1. The number of furan rings is 1. The number of anilines is 3. The van der Waals surface area contributed by atoms with Gasteiger partial charge in [-0.1, -0.05) is 23.2 Å². The lowest BCUT2D eigenvalue weighted by molar-refractivity contribution is 0.0997. The van der Waals surface area contributed by atoms with Gasteiger partial charge in [-0.15, -0.1) is 0 Å². The van der Waals surface area contributed by atoms with Crippen molar-refractivity contribution in [3.05, 3.63) is 99.5 Å². The third-order valence-electron chi connectivity index (χ3n) is 6.30. The molecule has 0 saturated carbocycles. The fraction of sp³-hybridized carbons (Fsp3) is 0.148. The first-order valence-corrected chi connectivity index (χ1v) is 12.4. The van der Waals surface area contributed by atoms with Crippen molar-refractivity contribution in [3.8, 4) is 11.3 Å². The zero-order chi connectivity index (χ0) is 27.8. The second-order valence-corrected chi connectivity index (χ2v) is 9.53. The van der Waals surface area contributed by atoms with E-state index in [1.807, 2.05) is 4.90 Å². The third kappa shape index (κ3) is 5.26. The van der Waals surface area contributed by atoms with Gasteiger partial charge in [0.15, 0.2) is 29.0 Å². The van der Waals surface area contributed by atoms with Gasteiger partial charge in [0.25, 0.3) is 5.91 Å². The summed E-state index contributed by atoms with van der Waals surface area (Å²) in [6, 6.07) is 14.9. The molecule has 1 aromatic heterocycles. The highest BCUT2D eigenvalue weighted by atomic mass is 35.5. The summed E-state index contributed by atoms with van der Waals surface area (Å²) in [6.45, 7) is 0.617. The highest BCUT2D eigenvalue weighted by Gasteiger charge is 2.30. The Balaban J connectivity index is 1.22. The summed E-state index contributed by atoms with van der Waals surface area (Å²) < 4.78 is 74.6. The Hall–Kier alpha value is -3.76. The van der Waals surface area contributed by atoms with Crippen LogP contribution in [0.2, 0.25) is 10.0 Å². The zero-order valence-corrected chi connectivity index (χ0v) is 21.4. The molecule has 202 valence electrons. The number of nitrogens with zero attached hydrogens (tertiary/aromatic N) is 2. The van der Waals surface area contributed by atoms with Crippen LogP contribution >= 0.6 is 23.2 Å². The van der Waals surface area contributed by atoms with Crippen LogP contribution in [0.5, 0.6) is 0 Å². The van der Waals surface area contributed by atoms with Crippen molar-refractivity contribution in [2.75, 3.05) is 41.3 Å². The number of amides is 1. The van der Waals surface area contributed by atoms with Gasteiger partial charge in [0.2, 0.25) is 5.82 Å². The van der Waals surface area contributed by atoms with Gasteiger partial charge in [0.1, 0.15) is 11.4 Å². The molecule has 1 fully saturated rings. The fourth-order valence-corrected chi connectivity index (χ4v) is 4.80. The van der Waals surface area contributed by atoms with E-state index < -0.39 is 40.7 Å². The van der Waals surface area contributed by atoms with E-state index in [0.29, 0.717) is 27.1 Å². The van der Waals surface area contributed by atoms with Gasteiger partial charge < -0.3 is 19.5 Å². The lowest BCUT2D eigenvalue weighted by atomic mass is 10.2. The molecule has 1 saturated heterocycles. The number of piperazine rings is 1. The minimum absolute atomic E-state index is 0.0370. The molecule has 0 unspecified atom stereocenters. The highest BCUT2D eigenvalue weighted by molar-refractivity contribution is 6.36. The average molecular weight is 582 g/mol. The molecule has 0 spiro atoms. The quantitative estimate of drug-likeness (QED) is 0.150. The number of hydrogen-bond donors (Lipinski definition) is 1. The Labute approximate surface area is 229 Å². The highest BCUT2D eigenvalue weighted by Crippen LogP contribution is 2.33. The standard InChI is InChI=1S/C27H18Cl2F5N3O2/c28-14-1-6-17(18(29)13-14)19-7-8-20(39-19)27(38)35-15-2-4-16(5-3-15)36-9-11-37(12-10-36)26-24(33)22(31)21(30)23(32)25(26)34/h1-8,13H,9-12H2,(H,35,38). The smallest absolute Gasteiger partial charge is 0.291 e. The van der Waals surface area contributed by atoms with Crippen LogP contribution < -0.4 is 15.1 Å². The normalized spacial score (nSPS) is 13.6. The van der Waals surface area contributed by atoms with Crippen LogP contribution in [0.3, 0.4) is 0 Å². The molecular weight excluding hydrogens is 564 g/mol. The first-order valence-electron chi connectivity index (χ1n) is 11.6. The largest absolute Gasteiger partial charge is 0.451 e. The van der Waals surface area contributed by atoms with Gasteiger partial charge >= 0.3 is 0 Å². The molecule has 5 rings (SSSR count). The summed E-state index contributed by atoms with van der Waals surface area (Å²) in [4.78, 5) is 15.7. The van der Waals surface area contributed by atoms with Crippen molar-refractivity contribution in [3.63, 3.8) is 0 Å². The minimum Gasteiger partial charge on any atom is -0.451 e. The van der Waals surface area contributed by atoms with E-state index in [-0.39, 0.29) is 31.9 Å². The van der Waals surface area contributed by atoms with E-state index in [4.69, 9.17) is 27.6 Å². The lowest BCUT2D eigenvalue weighted by Gasteiger charge is -2.37. The van der Waals surface area contributed by atoms with Crippen molar-refractivity contribution in [1.29, 1.82) is 0 Å². The molecule has 0 aliphatic carbocycles. The van der Waals surface area contributed by atoms with Crippen molar-refractivity contribution in [2.45, 2.75) is 0 Å². The van der Waals surface area contributed by atoms with E-state index in [2.05, 4.69) is 5.32 Å². The maximum Gasteiger partial charge on any atom is 0.291 e. The van der Waals surface area contributed by atoms with Crippen LogP contribution in [-0.4, -0.2) is 32.1 Å². The Morgan fingerprint density at radius 2 is 1.33 bits per heavy atom. The van der Waals surface area contributed by atoms with Crippen molar-refractivity contribution in [2.24, 2.45) is 0 Å². The maximum absolute atomic E-state index is 14.2. The van der Waals surface area contributed by atoms with Gasteiger partial charge in [-0.05, 0) is 54.6 Å². The molecule has 1 aliphatic heterocycles. The summed E-state index contributed by atoms with van der Waals surface area (Å²) in [5.41, 5.74) is 0.905. The number of carbonyl (C=O) groups excluding carboxylic acids is 1. The van der Waals surface area contributed by atoms with E-state index in [0.717, 1.165) is 10.6 Å². The van der Waals surface area contributed by atoms with Gasteiger partial charge in [-0.25, -0.2) is 22.0 Å². The first kappa shape index (κ1) is 26.8. The monoisotopic (exact) mass is 581 g/mol. The molecule has 0 bridgehead atoms. The van der Waals surface area contributed by atoms with Crippen LogP contribution in [0.1, 0.15) is 10.6 Å². The Bertz CT molecular complexity index is 1530. The average Bonchev–Trinajstić information content (AvgIpc) is 3.42. The van der Waals surface area contributed by atoms with E-state index in [1.165, 1.54) is 6.07 Å². The fourth-order valence-electron chi connectivity index (χ4n) is 4.30. The number of nitrogens with one attached hydrogen (secondary N) is 1. The molecule has 5 nitrogen and oxygen atoms in total. The molecule has 0 radical (unpaired) electrons. The molecule has 1 aliphatic rings. The van der Waals surface area contributed by atoms with Gasteiger partial charge in [0.05, 0.1) is 5.02 Å². The molecule has 3 aromatic carbocycles. The molecule has 2 heterocycles. The molecule has 12 heteroatoms. The zero-order valence-electron chi connectivity index (χ0n) is 19.9. The Kier molecular flexibility index (Phi) is 7.42. The number of halogens is 7. The molecule has 0 atom stereocenters. The van der Waals surface area contributed by atoms with Crippen molar-refractivity contribution in [1.82, 2.24) is 0 Å². The van der Waals surface area contributed by atoms with Crippen LogP contribution in [-0.2, 0) is 0 Å². The minimum atomic E-state index is -2.18. The third-order valence-corrected chi connectivity index (χ3v) is 6.85. The second-order valence-electron chi connectivity index (χ2n) is 8.68. The number of hydrogen-bond acceptors (Lipinski definition) is 4. The van der Waals surface area contributed by atoms with Crippen LogP contribution in [0.25, 0.3) is 11.3 Å². The summed E-state index contributed by atoms with van der Waals surface area (Å²) in [5, 5.41) is 3.59. The lowest BCUT2D eigenvalue weighted by Crippen LogP contribution is -2.47. The van der Waals surface area contributed by atoms with E-state index in [9.17, 15) is 26.7 Å². The van der Waals surface area contributed by atoms with Crippen LogP contribution in [0.4, 0.5) is 39.0 Å². The first-order chi connectivity index (χ1) is 18.6. The predicted molar refractivity (Wildman–Crippen MR) is 139 cm³/mol. The van der Waals surface area contributed by atoms with Crippen molar-refractivity contribution >= 4 is 46.2 Å². The molecule has 1 amide bonds. The number of rotatable bonds is 5. The summed E-state index contributed by atoms with van der Waals surface area (Å²) in [7, 11) is 0. The Morgan fingerprint density at radius 3 is 1.95 bits per heavy atom. The predicted octanol–water partition coefficient (Wildman–Crippen LogP) is 7.53. The summed E-state index contributed by atoms with van der Waals surface area (Å²) >= 11 is 12.1. The van der Waals surface area contributed by atoms with E-state index >= 15 is 0 Å². The van der Waals surface area contributed by atoms with Gasteiger partial charge in [0, 0.05) is 48.1 Å². The second kappa shape index (κ2) is 10.8. The maximum atomic E-state index is 14.2.